The first-order valence-electron chi connectivity index (χ1n) is 25.4. The normalized spacial score (nSPS) is 11.4. The van der Waals surface area contributed by atoms with Crippen molar-refractivity contribution in [2.75, 3.05) is 11.5 Å². The molecule has 0 radical (unpaired) electrons. The second kappa shape index (κ2) is 31.3. The Morgan fingerprint density at radius 1 is 0.267 bits per heavy atom. The van der Waals surface area contributed by atoms with E-state index in [-0.39, 0.29) is 0 Å². The maximum absolute atomic E-state index is 5.94. The van der Waals surface area contributed by atoms with Crippen LogP contribution in [0.15, 0.2) is 84.9 Å². The summed E-state index contributed by atoms with van der Waals surface area (Å²) in [5.74, 6) is 0. The van der Waals surface area contributed by atoms with Gasteiger partial charge in [-0.1, -0.05) is 216 Å². The predicted octanol–water partition coefficient (Wildman–Crippen LogP) is 17.1. The van der Waals surface area contributed by atoms with Crippen LogP contribution in [0.25, 0.3) is 0 Å². The van der Waals surface area contributed by atoms with Crippen LogP contribution in [0.5, 0.6) is 0 Å². The molecule has 4 rings (SSSR count). The van der Waals surface area contributed by atoms with E-state index in [4.69, 9.17) is 11.5 Å². The lowest BCUT2D eigenvalue weighted by Gasteiger charge is -2.13. The highest BCUT2D eigenvalue weighted by molar-refractivity contribution is 5.43. The van der Waals surface area contributed by atoms with E-state index in [2.05, 4.69) is 74.5 Å². The van der Waals surface area contributed by atoms with Gasteiger partial charge in [0.2, 0.25) is 0 Å². The summed E-state index contributed by atoms with van der Waals surface area (Å²) in [6.07, 6.45) is 42.9. The summed E-state index contributed by atoms with van der Waals surface area (Å²) in [5, 5.41) is 0. The SMILES string of the molecule is CCCCCCCCc1cc(Cc2ccc(N)cc2)ccc1CCCCCCCCCCCCCCCCc1ccc(Cc2ccc(N)cc2)cc1CCCCCCCC. The fourth-order valence-corrected chi connectivity index (χ4v) is 9.22. The minimum absolute atomic E-state index is 0.846. The van der Waals surface area contributed by atoms with Gasteiger partial charge in [-0.2, -0.15) is 0 Å². The molecule has 0 atom stereocenters. The number of unbranched alkanes of at least 4 members (excludes halogenated alkanes) is 23. The molecule has 60 heavy (non-hydrogen) atoms. The van der Waals surface area contributed by atoms with Crippen LogP contribution in [0.1, 0.15) is 225 Å². The number of hydrogen-bond donors (Lipinski definition) is 2. The monoisotopic (exact) mass is 813 g/mol. The summed E-state index contributed by atoms with van der Waals surface area (Å²) >= 11 is 0. The molecule has 0 saturated heterocycles. The maximum atomic E-state index is 5.94. The van der Waals surface area contributed by atoms with Crippen LogP contribution in [0, 0.1) is 0 Å². The molecule has 0 unspecified atom stereocenters. The molecule has 0 amide bonds. The lowest BCUT2D eigenvalue weighted by Crippen LogP contribution is -1.99. The molecule has 0 spiro atoms. The molecule has 2 nitrogen and oxygen atoms in total. The zero-order chi connectivity index (χ0) is 42.3. The van der Waals surface area contributed by atoms with E-state index < -0.39 is 0 Å². The number of nitrogens with two attached hydrogens (primary N) is 2. The van der Waals surface area contributed by atoms with E-state index in [1.165, 1.54) is 215 Å². The van der Waals surface area contributed by atoms with Gasteiger partial charge in [0.1, 0.15) is 0 Å². The van der Waals surface area contributed by atoms with Crippen LogP contribution >= 0.6 is 0 Å². The summed E-state index contributed by atoms with van der Waals surface area (Å²) in [6.45, 7) is 4.61. The lowest BCUT2D eigenvalue weighted by atomic mass is 9.92. The maximum Gasteiger partial charge on any atom is 0.0314 e. The van der Waals surface area contributed by atoms with E-state index in [1.54, 1.807) is 22.3 Å². The van der Waals surface area contributed by atoms with Gasteiger partial charge in [-0.15, -0.1) is 0 Å². The summed E-state index contributed by atoms with van der Waals surface area (Å²) in [6, 6.07) is 31.6. The zero-order valence-corrected chi connectivity index (χ0v) is 38.9. The Labute approximate surface area is 370 Å². The highest BCUT2D eigenvalue weighted by Crippen LogP contribution is 2.24. The minimum atomic E-state index is 0.846. The first-order valence-corrected chi connectivity index (χ1v) is 25.4. The molecule has 2 heteroatoms. The van der Waals surface area contributed by atoms with Gasteiger partial charge >= 0.3 is 0 Å². The van der Waals surface area contributed by atoms with E-state index in [0.29, 0.717) is 0 Å². The highest BCUT2D eigenvalue weighted by Gasteiger charge is 2.09. The highest BCUT2D eigenvalue weighted by atomic mass is 14.5. The lowest BCUT2D eigenvalue weighted by molar-refractivity contribution is 0.533. The van der Waals surface area contributed by atoms with Gasteiger partial charge in [0.25, 0.3) is 0 Å². The minimum Gasteiger partial charge on any atom is -0.399 e. The molecule has 0 heterocycles. The standard InChI is InChI=1S/C58H88N2/c1-3-5-7-9-21-27-31-55-47-51(45-49-35-41-57(59)42-36-49)33-39-53(55)29-25-23-19-17-15-13-11-12-14-16-18-20-24-26-30-54-40-34-52(46-50-37-43-58(60)44-38-50)48-56(54)32-28-22-10-8-6-4-2/h33-44,47-48H,3-32,45-46,59-60H2,1-2H3. The Morgan fingerprint density at radius 3 is 0.817 bits per heavy atom. The number of benzene rings is 4. The fourth-order valence-electron chi connectivity index (χ4n) is 9.22. The smallest absolute Gasteiger partial charge is 0.0314 e. The summed E-state index contributed by atoms with van der Waals surface area (Å²) in [4.78, 5) is 0. The molecule has 0 fully saturated rings. The van der Waals surface area contributed by atoms with Gasteiger partial charge in [0.05, 0.1) is 0 Å². The summed E-state index contributed by atoms with van der Waals surface area (Å²) < 4.78 is 0. The molecule has 0 aromatic heterocycles. The Bertz CT molecular complexity index is 1530. The number of rotatable bonds is 35. The van der Waals surface area contributed by atoms with Crippen molar-refractivity contribution in [1.82, 2.24) is 0 Å². The van der Waals surface area contributed by atoms with Crippen molar-refractivity contribution in [3.05, 3.63) is 129 Å². The Kier molecular flexibility index (Phi) is 25.7. The third-order valence-corrected chi connectivity index (χ3v) is 13.1. The van der Waals surface area contributed by atoms with Crippen LogP contribution in [-0.4, -0.2) is 0 Å². The molecular weight excluding hydrogens is 725 g/mol. The second-order valence-corrected chi connectivity index (χ2v) is 18.5. The van der Waals surface area contributed by atoms with Crippen molar-refractivity contribution in [2.45, 2.75) is 219 Å². The largest absolute Gasteiger partial charge is 0.399 e. The van der Waals surface area contributed by atoms with Crippen LogP contribution in [0.4, 0.5) is 11.4 Å². The Morgan fingerprint density at radius 2 is 0.517 bits per heavy atom. The van der Waals surface area contributed by atoms with Gasteiger partial charge in [-0.3, -0.25) is 0 Å². The average molecular weight is 813 g/mol. The molecule has 0 saturated carbocycles. The molecule has 4 aromatic rings. The summed E-state index contributed by atoms with van der Waals surface area (Å²) in [5.41, 5.74) is 25.6. The number of aryl methyl sites for hydroxylation is 4. The zero-order valence-electron chi connectivity index (χ0n) is 38.9. The molecule has 330 valence electrons. The third-order valence-electron chi connectivity index (χ3n) is 13.1. The van der Waals surface area contributed by atoms with Gasteiger partial charge in [0, 0.05) is 11.4 Å². The van der Waals surface area contributed by atoms with E-state index in [1.807, 2.05) is 24.3 Å². The van der Waals surface area contributed by atoms with Crippen molar-refractivity contribution < 1.29 is 0 Å². The van der Waals surface area contributed by atoms with Crippen molar-refractivity contribution in [3.63, 3.8) is 0 Å². The van der Waals surface area contributed by atoms with Crippen LogP contribution < -0.4 is 11.5 Å². The van der Waals surface area contributed by atoms with Crippen molar-refractivity contribution >= 4 is 11.4 Å². The fraction of sp³-hybridized carbons (Fsp3) is 0.586. The Balaban J connectivity index is 1.04. The topological polar surface area (TPSA) is 52.0 Å². The first kappa shape index (κ1) is 49.1. The molecule has 0 aliphatic heterocycles. The van der Waals surface area contributed by atoms with Crippen LogP contribution in [-0.2, 0) is 38.5 Å². The average Bonchev–Trinajstić information content (AvgIpc) is 3.26. The number of hydrogen-bond acceptors (Lipinski definition) is 2. The van der Waals surface area contributed by atoms with Gasteiger partial charge in [0.15, 0.2) is 0 Å². The predicted molar refractivity (Wildman–Crippen MR) is 266 cm³/mol. The molecule has 0 aliphatic carbocycles. The first-order chi connectivity index (χ1) is 29.5. The van der Waals surface area contributed by atoms with Gasteiger partial charge in [-0.25, -0.2) is 0 Å². The van der Waals surface area contributed by atoms with Crippen LogP contribution in [0.2, 0.25) is 0 Å². The molecule has 0 aliphatic rings. The molecular formula is C58H88N2. The number of anilines is 2. The quantitative estimate of drug-likeness (QED) is 0.0359. The molecule has 4 N–H and O–H groups in total. The van der Waals surface area contributed by atoms with Gasteiger partial charge in [-0.05, 0) is 133 Å². The molecule has 0 bridgehead atoms. The van der Waals surface area contributed by atoms with Crippen molar-refractivity contribution in [3.8, 4) is 0 Å². The summed E-state index contributed by atoms with van der Waals surface area (Å²) in [7, 11) is 0. The van der Waals surface area contributed by atoms with Crippen LogP contribution in [0.3, 0.4) is 0 Å². The van der Waals surface area contributed by atoms with Crippen molar-refractivity contribution in [2.24, 2.45) is 0 Å². The van der Waals surface area contributed by atoms with E-state index in [9.17, 15) is 0 Å². The van der Waals surface area contributed by atoms with Gasteiger partial charge < -0.3 is 11.5 Å². The van der Waals surface area contributed by atoms with E-state index >= 15 is 0 Å². The number of nitrogen functional groups attached to an aromatic ring is 2. The second-order valence-electron chi connectivity index (χ2n) is 18.5. The van der Waals surface area contributed by atoms with Crippen molar-refractivity contribution in [1.29, 1.82) is 0 Å². The molecule has 4 aromatic carbocycles. The van der Waals surface area contributed by atoms with E-state index in [0.717, 1.165) is 24.2 Å². The third kappa shape index (κ3) is 21.3. The Hall–Kier alpha value is -3.52.